The topological polar surface area (TPSA) is 30.5 Å². The Bertz CT molecular complexity index is 118. The monoisotopic (exact) mass is 203 g/mol. The van der Waals surface area contributed by atoms with E-state index in [1.54, 1.807) is 7.11 Å². The van der Waals surface area contributed by atoms with Gasteiger partial charge in [0.15, 0.2) is 0 Å². The Kier molecular flexibility index (Phi) is 9.35. The molecule has 0 aliphatic carbocycles. The SMILES string of the molecule is CCC(NCCOCCOC)C(C)C. The molecule has 1 N–H and O–H groups in total. The fraction of sp³-hybridized carbons (Fsp3) is 1.00. The van der Waals surface area contributed by atoms with Gasteiger partial charge in [-0.25, -0.2) is 0 Å². The lowest BCUT2D eigenvalue weighted by Gasteiger charge is -2.20. The first-order chi connectivity index (χ1) is 6.72. The summed E-state index contributed by atoms with van der Waals surface area (Å²) in [6.45, 7) is 9.77. The van der Waals surface area contributed by atoms with Gasteiger partial charge in [-0.3, -0.25) is 0 Å². The van der Waals surface area contributed by atoms with E-state index in [0.717, 1.165) is 13.2 Å². The Balaban J connectivity index is 3.25. The van der Waals surface area contributed by atoms with Crippen LogP contribution in [-0.2, 0) is 9.47 Å². The lowest BCUT2D eigenvalue weighted by atomic mass is 10.0. The maximum atomic E-state index is 5.36. The number of hydrogen-bond donors (Lipinski definition) is 1. The van der Waals surface area contributed by atoms with E-state index in [0.29, 0.717) is 25.2 Å². The predicted molar refractivity (Wildman–Crippen MR) is 59.6 cm³/mol. The Morgan fingerprint density at radius 3 is 2.36 bits per heavy atom. The molecular weight excluding hydrogens is 178 g/mol. The van der Waals surface area contributed by atoms with Crippen molar-refractivity contribution in [2.75, 3.05) is 33.5 Å². The van der Waals surface area contributed by atoms with Crippen LogP contribution < -0.4 is 5.32 Å². The Hall–Kier alpha value is -0.120. The first kappa shape index (κ1) is 13.9. The summed E-state index contributed by atoms with van der Waals surface area (Å²) < 4.78 is 10.2. The maximum absolute atomic E-state index is 5.36. The third-order valence-electron chi connectivity index (χ3n) is 2.33. The smallest absolute Gasteiger partial charge is 0.0700 e. The fourth-order valence-corrected chi connectivity index (χ4v) is 1.41. The summed E-state index contributed by atoms with van der Waals surface area (Å²) in [6.07, 6.45) is 1.18. The summed E-state index contributed by atoms with van der Waals surface area (Å²) in [4.78, 5) is 0. The van der Waals surface area contributed by atoms with Crippen LogP contribution in [0.15, 0.2) is 0 Å². The van der Waals surface area contributed by atoms with Gasteiger partial charge in [-0.15, -0.1) is 0 Å². The van der Waals surface area contributed by atoms with Gasteiger partial charge in [0, 0.05) is 19.7 Å². The average Bonchev–Trinajstić information content (AvgIpc) is 2.16. The number of methoxy groups -OCH3 is 1. The minimum absolute atomic E-state index is 0.612. The number of ether oxygens (including phenoxy) is 2. The van der Waals surface area contributed by atoms with Gasteiger partial charge in [0.05, 0.1) is 19.8 Å². The van der Waals surface area contributed by atoms with Crippen LogP contribution in [0.4, 0.5) is 0 Å². The Labute approximate surface area is 88.2 Å². The number of nitrogens with one attached hydrogen (secondary N) is 1. The molecule has 0 radical (unpaired) electrons. The standard InChI is InChI=1S/C11H25NO2/c1-5-11(10(2)3)12-6-7-14-9-8-13-4/h10-12H,5-9H2,1-4H3. The summed E-state index contributed by atoms with van der Waals surface area (Å²) in [5, 5.41) is 3.48. The highest BCUT2D eigenvalue weighted by molar-refractivity contribution is 4.67. The normalized spacial score (nSPS) is 13.5. The molecular formula is C11H25NO2. The van der Waals surface area contributed by atoms with Crippen LogP contribution >= 0.6 is 0 Å². The van der Waals surface area contributed by atoms with Crippen molar-refractivity contribution >= 4 is 0 Å². The van der Waals surface area contributed by atoms with Crippen molar-refractivity contribution in [1.82, 2.24) is 5.32 Å². The predicted octanol–water partition coefficient (Wildman–Crippen LogP) is 1.67. The highest BCUT2D eigenvalue weighted by Gasteiger charge is 2.08. The molecule has 14 heavy (non-hydrogen) atoms. The second-order valence-electron chi connectivity index (χ2n) is 3.82. The Morgan fingerprint density at radius 1 is 1.14 bits per heavy atom. The molecule has 0 aromatic heterocycles. The zero-order chi connectivity index (χ0) is 10.8. The molecule has 1 atom stereocenters. The summed E-state index contributed by atoms with van der Waals surface area (Å²) in [6, 6.07) is 0.612. The highest BCUT2D eigenvalue weighted by atomic mass is 16.5. The van der Waals surface area contributed by atoms with Gasteiger partial charge in [-0.05, 0) is 12.3 Å². The molecule has 1 unspecified atom stereocenters. The van der Waals surface area contributed by atoms with Crippen molar-refractivity contribution < 1.29 is 9.47 Å². The van der Waals surface area contributed by atoms with Crippen LogP contribution in [-0.4, -0.2) is 39.5 Å². The molecule has 0 saturated heterocycles. The molecule has 3 heteroatoms. The zero-order valence-electron chi connectivity index (χ0n) is 10.0. The number of hydrogen-bond acceptors (Lipinski definition) is 3. The molecule has 0 aliphatic rings. The molecule has 86 valence electrons. The van der Waals surface area contributed by atoms with Crippen molar-refractivity contribution in [2.45, 2.75) is 33.2 Å². The van der Waals surface area contributed by atoms with Gasteiger partial charge < -0.3 is 14.8 Å². The van der Waals surface area contributed by atoms with E-state index in [9.17, 15) is 0 Å². The molecule has 0 saturated carbocycles. The van der Waals surface area contributed by atoms with Gasteiger partial charge in [0.25, 0.3) is 0 Å². The molecule has 0 rings (SSSR count). The van der Waals surface area contributed by atoms with Gasteiger partial charge >= 0.3 is 0 Å². The first-order valence-corrected chi connectivity index (χ1v) is 5.52. The molecule has 0 aromatic carbocycles. The molecule has 0 aromatic rings. The van der Waals surface area contributed by atoms with E-state index >= 15 is 0 Å². The summed E-state index contributed by atoms with van der Waals surface area (Å²) >= 11 is 0. The van der Waals surface area contributed by atoms with Gasteiger partial charge in [-0.2, -0.15) is 0 Å². The third kappa shape index (κ3) is 7.30. The van der Waals surface area contributed by atoms with Crippen LogP contribution in [0.3, 0.4) is 0 Å². The van der Waals surface area contributed by atoms with Crippen molar-refractivity contribution in [3.63, 3.8) is 0 Å². The van der Waals surface area contributed by atoms with E-state index in [4.69, 9.17) is 9.47 Å². The average molecular weight is 203 g/mol. The number of rotatable bonds is 9. The van der Waals surface area contributed by atoms with Crippen molar-refractivity contribution in [3.05, 3.63) is 0 Å². The molecule has 0 heterocycles. The quantitative estimate of drug-likeness (QED) is 0.578. The summed E-state index contributed by atoms with van der Waals surface area (Å²) in [7, 11) is 1.69. The lowest BCUT2D eigenvalue weighted by Crippen LogP contribution is -2.35. The van der Waals surface area contributed by atoms with Crippen molar-refractivity contribution in [2.24, 2.45) is 5.92 Å². The van der Waals surface area contributed by atoms with Crippen LogP contribution in [0.5, 0.6) is 0 Å². The van der Waals surface area contributed by atoms with Crippen LogP contribution in [0.25, 0.3) is 0 Å². The largest absolute Gasteiger partial charge is 0.382 e. The van der Waals surface area contributed by atoms with Crippen LogP contribution in [0, 0.1) is 5.92 Å². The lowest BCUT2D eigenvalue weighted by molar-refractivity contribution is 0.0704. The summed E-state index contributed by atoms with van der Waals surface area (Å²) in [5.41, 5.74) is 0. The Morgan fingerprint density at radius 2 is 1.86 bits per heavy atom. The molecule has 0 amide bonds. The molecule has 0 spiro atoms. The van der Waals surface area contributed by atoms with Gasteiger partial charge in [0.1, 0.15) is 0 Å². The third-order valence-corrected chi connectivity index (χ3v) is 2.33. The second kappa shape index (κ2) is 9.44. The maximum Gasteiger partial charge on any atom is 0.0700 e. The van der Waals surface area contributed by atoms with E-state index < -0.39 is 0 Å². The van der Waals surface area contributed by atoms with Gasteiger partial charge in [0.2, 0.25) is 0 Å². The fourth-order valence-electron chi connectivity index (χ4n) is 1.41. The van der Waals surface area contributed by atoms with E-state index in [1.807, 2.05) is 0 Å². The molecule has 0 aliphatic heterocycles. The minimum Gasteiger partial charge on any atom is -0.382 e. The zero-order valence-corrected chi connectivity index (χ0v) is 10.0. The van der Waals surface area contributed by atoms with E-state index in [-0.39, 0.29) is 0 Å². The molecule has 0 bridgehead atoms. The second-order valence-corrected chi connectivity index (χ2v) is 3.82. The van der Waals surface area contributed by atoms with Crippen molar-refractivity contribution in [3.8, 4) is 0 Å². The van der Waals surface area contributed by atoms with E-state index in [1.165, 1.54) is 6.42 Å². The molecule has 3 nitrogen and oxygen atoms in total. The van der Waals surface area contributed by atoms with E-state index in [2.05, 4.69) is 26.1 Å². The highest BCUT2D eigenvalue weighted by Crippen LogP contribution is 2.04. The molecule has 0 fully saturated rings. The summed E-state index contributed by atoms with van der Waals surface area (Å²) in [5.74, 6) is 0.693. The van der Waals surface area contributed by atoms with Crippen LogP contribution in [0.1, 0.15) is 27.2 Å². The minimum atomic E-state index is 0.612. The van der Waals surface area contributed by atoms with Crippen LogP contribution in [0.2, 0.25) is 0 Å². The van der Waals surface area contributed by atoms with Crippen molar-refractivity contribution in [1.29, 1.82) is 0 Å². The van der Waals surface area contributed by atoms with Gasteiger partial charge in [-0.1, -0.05) is 20.8 Å². The first-order valence-electron chi connectivity index (χ1n) is 5.52.